The first-order chi connectivity index (χ1) is 5.65. The van der Waals surface area contributed by atoms with Gasteiger partial charge >= 0.3 is 0 Å². The van der Waals surface area contributed by atoms with Gasteiger partial charge < -0.3 is 5.11 Å². The van der Waals surface area contributed by atoms with Crippen LogP contribution in [0.5, 0.6) is 0 Å². The molecule has 1 aromatic carbocycles. The zero-order valence-electron chi connectivity index (χ0n) is 7.96. The van der Waals surface area contributed by atoms with Gasteiger partial charge in [-0.3, -0.25) is 0 Å². The molecule has 0 aliphatic carbocycles. The van der Waals surface area contributed by atoms with Crippen molar-refractivity contribution in [2.24, 2.45) is 0 Å². The van der Waals surface area contributed by atoms with Gasteiger partial charge in [0.15, 0.2) is 0 Å². The van der Waals surface area contributed by atoms with Crippen molar-refractivity contribution in [1.29, 1.82) is 0 Å². The minimum absolute atomic E-state index is 0.301. The average Bonchev–Trinajstić information content (AvgIpc) is 2.08. The van der Waals surface area contributed by atoms with E-state index in [4.69, 9.17) is 0 Å². The van der Waals surface area contributed by atoms with Crippen LogP contribution in [0.25, 0.3) is 0 Å². The van der Waals surface area contributed by atoms with Crippen molar-refractivity contribution in [3.8, 4) is 0 Å². The molecule has 0 aliphatic heterocycles. The molecule has 0 heterocycles. The Bertz CT molecular complexity index is 266. The Balaban J connectivity index is 3.04. The fourth-order valence-electron chi connectivity index (χ4n) is 1.34. The molecule has 1 unspecified atom stereocenters. The number of hydrogen-bond donors (Lipinski definition) is 1. The first kappa shape index (κ1) is 9.27. The fourth-order valence-corrected chi connectivity index (χ4v) is 1.34. The second kappa shape index (κ2) is 3.72. The molecule has 1 heteroatoms. The molecule has 0 amide bonds. The summed E-state index contributed by atoms with van der Waals surface area (Å²) in [5, 5.41) is 9.63. The van der Waals surface area contributed by atoms with E-state index in [-0.39, 0.29) is 6.10 Å². The van der Waals surface area contributed by atoms with Crippen LogP contribution in [0.2, 0.25) is 0 Å². The largest absolute Gasteiger partial charge is 0.388 e. The van der Waals surface area contributed by atoms with Crippen LogP contribution >= 0.6 is 0 Å². The highest BCUT2D eigenvalue weighted by Crippen LogP contribution is 2.21. The van der Waals surface area contributed by atoms with Gasteiger partial charge in [0.2, 0.25) is 0 Å². The first-order valence-corrected chi connectivity index (χ1v) is 4.40. The van der Waals surface area contributed by atoms with E-state index in [2.05, 4.69) is 18.2 Å². The zero-order valence-corrected chi connectivity index (χ0v) is 7.96. The number of rotatable bonds is 2. The number of aryl methyl sites for hydroxylation is 2. The highest BCUT2D eigenvalue weighted by molar-refractivity contribution is 5.31. The lowest BCUT2D eigenvalue weighted by Gasteiger charge is -2.11. The van der Waals surface area contributed by atoms with Gasteiger partial charge in [-0.2, -0.15) is 0 Å². The lowest BCUT2D eigenvalue weighted by molar-refractivity contribution is 0.173. The van der Waals surface area contributed by atoms with Gasteiger partial charge in [-0.1, -0.05) is 30.7 Å². The lowest BCUT2D eigenvalue weighted by Crippen LogP contribution is -1.98. The molecule has 0 aliphatic rings. The molecule has 0 bridgehead atoms. The molecule has 12 heavy (non-hydrogen) atoms. The van der Waals surface area contributed by atoms with Gasteiger partial charge in [-0.05, 0) is 31.4 Å². The molecule has 0 radical (unpaired) electrons. The normalized spacial score (nSPS) is 13.0. The lowest BCUT2D eigenvalue weighted by atomic mass is 9.99. The van der Waals surface area contributed by atoms with Gasteiger partial charge in [0.1, 0.15) is 0 Å². The molecule has 1 atom stereocenters. The van der Waals surface area contributed by atoms with Crippen LogP contribution in [0.15, 0.2) is 18.2 Å². The monoisotopic (exact) mass is 164 g/mol. The molecule has 0 saturated heterocycles. The molecular weight excluding hydrogens is 148 g/mol. The van der Waals surface area contributed by atoms with Gasteiger partial charge in [-0.15, -0.1) is 0 Å². The maximum atomic E-state index is 9.63. The quantitative estimate of drug-likeness (QED) is 0.712. The van der Waals surface area contributed by atoms with Crippen LogP contribution in [0.4, 0.5) is 0 Å². The number of hydrogen-bond acceptors (Lipinski definition) is 1. The smallest absolute Gasteiger partial charge is 0.0790 e. The van der Waals surface area contributed by atoms with E-state index in [0.717, 1.165) is 12.0 Å². The summed E-state index contributed by atoms with van der Waals surface area (Å²) in [6.45, 7) is 6.07. The Morgan fingerprint density at radius 3 is 2.58 bits per heavy atom. The van der Waals surface area contributed by atoms with Gasteiger partial charge in [0, 0.05) is 0 Å². The van der Waals surface area contributed by atoms with Crippen molar-refractivity contribution in [3.63, 3.8) is 0 Å². The standard InChI is InChI=1S/C11H16O/c1-4-11(12)10-7-8(2)5-6-9(10)3/h5-7,11-12H,4H2,1-3H3. The average molecular weight is 164 g/mol. The molecule has 1 N–H and O–H groups in total. The first-order valence-electron chi connectivity index (χ1n) is 4.40. The number of aliphatic hydroxyl groups excluding tert-OH is 1. The predicted molar refractivity (Wildman–Crippen MR) is 51.2 cm³/mol. The minimum atomic E-state index is -0.301. The summed E-state index contributed by atoms with van der Waals surface area (Å²) in [6, 6.07) is 6.19. The van der Waals surface area contributed by atoms with Crippen molar-refractivity contribution in [2.75, 3.05) is 0 Å². The van der Waals surface area contributed by atoms with E-state index in [1.165, 1.54) is 11.1 Å². The van der Waals surface area contributed by atoms with Crippen molar-refractivity contribution in [2.45, 2.75) is 33.3 Å². The predicted octanol–water partition coefficient (Wildman–Crippen LogP) is 2.75. The molecule has 0 spiro atoms. The summed E-state index contributed by atoms with van der Waals surface area (Å²) in [7, 11) is 0. The van der Waals surface area contributed by atoms with E-state index in [9.17, 15) is 5.11 Å². The molecule has 1 nitrogen and oxygen atoms in total. The highest BCUT2D eigenvalue weighted by atomic mass is 16.3. The summed E-state index contributed by atoms with van der Waals surface area (Å²) < 4.78 is 0. The number of benzene rings is 1. The summed E-state index contributed by atoms with van der Waals surface area (Å²) in [4.78, 5) is 0. The summed E-state index contributed by atoms with van der Waals surface area (Å²) >= 11 is 0. The highest BCUT2D eigenvalue weighted by Gasteiger charge is 2.07. The molecule has 0 aromatic heterocycles. The van der Waals surface area contributed by atoms with E-state index in [1.807, 2.05) is 20.8 Å². The van der Waals surface area contributed by atoms with Crippen molar-refractivity contribution in [1.82, 2.24) is 0 Å². The van der Waals surface area contributed by atoms with Crippen LogP contribution < -0.4 is 0 Å². The van der Waals surface area contributed by atoms with Crippen molar-refractivity contribution >= 4 is 0 Å². The van der Waals surface area contributed by atoms with E-state index in [0.29, 0.717) is 0 Å². The Hall–Kier alpha value is -0.820. The van der Waals surface area contributed by atoms with E-state index < -0.39 is 0 Å². The second-order valence-electron chi connectivity index (χ2n) is 3.28. The third-order valence-corrected chi connectivity index (χ3v) is 2.18. The van der Waals surface area contributed by atoms with Crippen molar-refractivity contribution in [3.05, 3.63) is 34.9 Å². The third kappa shape index (κ3) is 1.86. The van der Waals surface area contributed by atoms with Crippen LogP contribution in [0, 0.1) is 13.8 Å². The topological polar surface area (TPSA) is 20.2 Å². The fraction of sp³-hybridized carbons (Fsp3) is 0.455. The number of aliphatic hydroxyl groups is 1. The maximum Gasteiger partial charge on any atom is 0.0790 e. The van der Waals surface area contributed by atoms with Crippen LogP contribution in [-0.2, 0) is 0 Å². The molecular formula is C11H16O. The minimum Gasteiger partial charge on any atom is -0.388 e. The Labute approximate surface area is 74.1 Å². The van der Waals surface area contributed by atoms with E-state index >= 15 is 0 Å². The Kier molecular flexibility index (Phi) is 2.88. The Morgan fingerprint density at radius 2 is 2.00 bits per heavy atom. The molecule has 0 fully saturated rings. The zero-order chi connectivity index (χ0) is 9.14. The summed E-state index contributed by atoms with van der Waals surface area (Å²) in [5.41, 5.74) is 3.45. The summed E-state index contributed by atoms with van der Waals surface area (Å²) in [5.74, 6) is 0. The maximum absolute atomic E-state index is 9.63. The van der Waals surface area contributed by atoms with Crippen LogP contribution in [0.1, 0.15) is 36.1 Å². The molecule has 1 rings (SSSR count). The SMILES string of the molecule is CCC(O)c1cc(C)ccc1C. The molecule has 0 saturated carbocycles. The molecule has 66 valence electrons. The van der Waals surface area contributed by atoms with Crippen molar-refractivity contribution < 1.29 is 5.11 Å². The summed E-state index contributed by atoms with van der Waals surface area (Å²) in [6.07, 6.45) is 0.481. The van der Waals surface area contributed by atoms with E-state index in [1.54, 1.807) is 0 Å². The van der Waals surface area contributed by atoms with Gasteiger partial charge in [0.25, 0.3) is 0 Å². The Morgan fingerprint density at radius 1 is 1.33 bits per heavy atom. The van der Waals surface area contributed by atoms with Gasteiger partial charge in [0.05, 0.1) is 6.10 Å². The van der Waals surface area contributed by atoms with Crippen LogP contribution in [-0.4, -0.2) is 5.11 Å². The second-order valence-corrected chi connectivity index (χ2v) is 3.28. The molecule has 1 aromatic rings. The van der Waals surface area contributed by atoms with Gasteiger partial charge in [-0.25, -0.2) is 0 Å². The third-order valence-electron chi connectivity index (χ3n) is 2.18. The van der Waals surface area contributed by atoms with Crippen LogP contribution in [0.3, 0.4) is 0 Å².